The number of nitrogens with one attached hydrogen (secondary N) is 1. The van der Waals surface area contributed by atoms with Crippen LogP contribution in [-0.2, 0) is 38.6 Å². The summed E-state index contributed by atoms with van der Waals surface area (Å²) in [5.41, 5.74) is 6.22. The Morgan fingerprint density at radius 1 is 0.935 bits per heavy atom. The van der Waals surface area contributed by atoms with E-state index >= 15 is 8.78 Å². The zero-order valence-corrected chi connectivity index (χ0v) is 34.3. The average molecular weight is 848 g/mol. The molecule has 15 nitrogen and oxygen atoms in total. The number of ether oxygens (including phenoxy) is 2. The molecule has 4 amide bonds. The van der Waals surface area contributed by atoms with Gasteiger partial charge in [0.1, 0.15) is 23.5 Å². The molecule has 10 rings (SSSR count). The molecule has 1 atom stereocenters. The number of carbonyl (C=O) groups is 4. The first-order valence-corrected chi connectivity index (χ1v) is 21.3. The highest BCUT2D eigenvalue weighted by Crippen LogP contribution is 2.42. The second-order valence-electron chi connectivity index (χ2n) is 16.8. The van der Waals surface area contributed by atoms with Gasteiger partial charge in [0.2, 0.25) is 18.2 Å². The van der Waals surface area contributed by atoms with Gasteiger partial charge in [0.15, 0.2) is 5.82 Å². The number of aromatic nitrogens is 4. The van der Waals surface area contributed by atoms with Crippen molar-refractivity contribution in [3.8, 4) is 16.9 Å². The number of hydrogen-bond donors (Lipinski definition) is 1. The summed E-state index contributed by atoms with van der Waals surface area (Å²) in [5, 5.41) is 7.43. The minimum absolute atomic E-state index is 0.150. The molecule has 5 aliphatic heterocycles. The molecule has 2 aromatic carbocycles. The molecule has 3 saturated heterocycles. The molecule has 3 fully saturated rings. The van der Waals surface area contributed by atoms with Gasteiger partial charge < -0.3 is 33.5 Å². The van der Waals surface area contributed by atoms with Crippen molar-refractivity contribution in [2.45, 2.75) is 82.6 Å². The van der Waals surface area contributed by atoms with Crippen LogP contribution in [-0.4, -0.2) is 105 Å². The van der Waals surface area contributed by atoms with E-state index in [0.717, 1.165) is 41.8 Å². The van der Waals surface area contributed by atoms with Crippen molar-refractivity contribution in [2.75, 3.05) is 49.7 Å². The Morgan fingerprint density at radius 3 is 2.52 bits per heavy atom. The zero-order chi connectivity index (χ0) is 42.6. The van der Waals surface area contributed by atoms with Crippen molar-refractivity contribution in [2.24, 2.45) is 0 Å². The topological polar surface area (TPSA) is 147 Å². The van der Waals surface area contributed by atoms with Gasteiger partial charge in [0, 0.05) is 124 Å². The lowest BCUT2D eigenvalue weighted by Gasteiger charge is -2.34. The molecular weight excluding hydrogens is 801 g/mol. The standard InChI is InChI=1S/C45H47F2N9O6/c1-51(43-36-24-52(26-57)14-10-37(36)56(50-43)28-11-18-61-19-12-28)29-2-5-33(35(21-29)42(46)47)34-22-40-48-13-17-54(40)25-39(34)62-31-8-15-53(16-9-31)30-3-4-32-27(20-30)23-55(45(32)60)38-6-7-41(58)49-44(38)59/h2-5,13,17,20-22,25-26,28,31,38,42H,6-12,14-16,18-19,23-24H2,1H3,(H,49,58,59). The van der Waals surface area contributed by atoms with Crippen LogP contribution in [0.25, 0.3) is 16.8 Å². The van der Waals surface area contributed by atoms with Gasteiger partial charge >= 0.3 is 0 Å². The number of anilines is 3. The first kappa shape index (κ1) is 39.8. The number of fused-ring (bicyclic) bond motifs is 3. The van der Waals surface area contributed by atoms with E-state index < -0.39 is 18.4 Å². The number of imidazole rings is 1. The van der Waals surface area contributed by atoms with E-state index in [2.05, 4.69) is 19.9 Å². The van der Waals surface area contributed by atoms with Crippen LogP contribution >= 0.6 is 0 Å². The smallest absolute Gasteiger partial charge is 0.264 e. The van der Waals surface area contributed by atoms with E-state index in [0.29, 0.717) is 111 Å². The lowest BCUT2D eigenvalue weighted by molar-refractivity contribution is -0.137. The fraction of sp³-hybridized carbons (Fsp3) is 0.422. The van der Waals surface area contributed by atoms with Crippen LogP contribution in [0.2, 0.25) is 0 Å². The lowest BCUT2D eigenvalue weighted by atomic mass is 9.98. The molecule has 5 aromatic rings. The SMILES string of the molecule is CN(c1ccc(-c2cc3nccn3cc2OC2CCN(c3ccc4c(c3)CN(C3CCC(=O)NC3=O)C4=O)CC2)c(C(F)F)c1)c1nn(C2CCOCC2)c2c1CN(C=O)CC2. The fourth-order valence-corrected chi connectivity index (χ4v) is 9.76. The summed E-state index contributed by atoms with van der Waals surface area (Å²) in [6, 6.07) is 12.1. The van der Waals surface area contributed by atoms with Crippen molar-refractivity contribution < 1.29 is 37.4 Å². The Hall–Kier alpha value is -6.36. The Kier molecular flexibility index (Phi) is 10.4. The number of benzene rings is 2. The van der Waals surface area contributed by atoms with Crippen LogP contribution in [0.3, 0.4) is 0 Å². The molecule has 3 aromatic heterocycles. The third-order valence-electron chi connectivity index (χ3n) is 13.1. The minimum atomic E-state index is -2.80. The number of piperidine rings is 2. The molecule has 62 heavy (non-hydrogen) atoms. The average Bonchev–Trinajstić information content (AvgIpc) is 4.01. The van der Waals surface area contributed by atoms with E-state index in [-0.39, 0.29) is 35.9 Å². The summed E-state index contributed by atoms with van der Waals surface area (Å²) in [6.45, 7) is 3.91. The molecule has 0 aliphatic carbocycles. The highest BCUT2D eigenvalue weighted by atomic mass is 19.3. The Labute approximate surface area is 356 Å². The van der Waals surface area contributed by atoms with E-state index in [4.69, 9.17) is 14.6 Å². The third-order valence-corrected chi connectivity index (χ3v) is 13.1. The molecule has 0 bridgehead atoms. The summed E-state index contributed by atoms with van der Waals surface area (Å²) >= 11 is 0. The molecule has 5 aliphatic rings. The van der Waals surface area contributed by atoms with Gasteiger partial charge in [-0.1, -0.05) is 6.07 Å². The Bertz CT molecular complexity index is 2580. The number of nitrogens with zero attached hydrogens (tertiary/aromatic N) is 8. The molecule has 1 unspecified atom stereocenters. The Morgan fingerprint density at radius 2 is 1.74 bits per heavy atom. The largest absolute Gasteiger partial charge is 0.488 e. The molecule has 0 radical (unpaired) electrons. The van der Waals surface area contributed by atoms with E-state index in [1.165, 1.54) is 6.07 Å². The number of halogens is 2. The van der Waals surface area contributed by atoms with E-state index in [1.807, 2.05) is 40.6 Å². The highest BCUT2D eigenvalue weighted by molar-refractivity contribution is 6.05. The van der Waals surface area contributed by atoms with Gasteiger partial charge in [-0.2, -0.15) is 5.10 Å². The fourth-order valence-electron chi connectivity index (χ4n) is 9.76. The summed E-state index contributed by atoms with van der Waals surface area (Å²) in [5.74, 6) is 0.146. The zero-order valence-electron chi connectivity index (χ0n) is 34.3. The van der Waals surface area contributed by atoms with Crippen LogP contribution in [0.15, 0.2) is 61.1 Å². The van der Waals surface area contributed by atoms with Gasteiger partial charge in [0.05, 0.1) is 18.8 Å². The number of hydrogen-bond acceptors (Lipinski definition) is 10. The monoisotopic (exact) mass is 847 g/mol. The lowest BCUT2D eigenvalue weighted by Crippen LogP contribution is -2.52. The number of pyridine rings is 1. The van der Waals surface area contributed by atoms with Crippen LogP contribution < -0.4 is 19.9 Å². The summed E-state index contributed by atoms with van der Waals surface area (Å²) in [4.78, 5) is 61.2. The van der Waals surface area contributed by atoms with Crippen LogP contribution in [0.5, 0.6) is 5.75 Å². The van der Waals surface area contributed by atoms with Gasteiger partial charge in [-0.3, -0.25) is 29.2 Å². The van der Waals surface area contributed by atoms with Crippen molar-refractivity contribution in [3.63, 3.8) is 0 Å². The van der Waals surface area contributed by atoms with E-state index in [9.17, 15) is 19.2 Å². The molecule has 0 saturated carbocycles. The van der Waals surface area contributed by atoms with Crippen molar-refractivity contribution in [1.82, 2.24) is 34.3 Å². The summed E-state index contributed by atoms with van der Waals surface area (Å²) < 4.78 is 46.8. The summed E-state index contributed by atoms with van der Waals surface area (Å²) in [6.07, 6.45) is 7.26. The van der Waals surface area contributed by atoms with Crippen LogP contribution in [0, 0.1) is 0 Å². The second-order valence-corrected chi connectivity index (χ2v) is 16.8. The second kappa shape index (κ2) is 16.2. The van der Waals surface area contributed by atoms with E-state index in [1.54, 1.807) is 40.5 Å². The van der Waals surface area contributed by atoms with Crippen molar-refractivity contribution in [3.05, 3.63) is 89.0 Å². The van der Waals surface area contributed by atoms with Crippen LogP contribution in [0.1, 0.15) is 83.7 Å². The number of carbonyl (C=O) groups excluding carboxylic acids is 4. The van der Waals surface area contributed by atoms with Gasteiger partial charge in [-0.25, -0.2) is 13.8 Å². The highest BCUT2D eigenvalue weighted by Gasteiger charge is 2.39. The molecule has 1 N–H and O–H groups in total. The molecule has 0 spiro atoms. The minimum Gasteiger partial charge on any atom is -0.488 e. The number of amides is 4. The maximum Gasteiger partial charge on any atom is 0.264 e. The number of imide groups is 1. The van der Waals surface area contributed by atoms with Gasteiger partial charge in [-0.05, 0) is 66.8 Å². The maximum absolute atomic E-state index is 15.3. The molecule has 17 heteroatoms. The number of rotatable bonds is 10. The summed E-state index contributed by atoms with van der Waals surface area (Å²) in [7, 11) is 1.83. The third kappa shape index (κ3) is 7.20. The maximum atomic E-state index is 15.3. The van der Waals surface area contributed by atoms with Crippen molar-refractivity contribution >= 4 is 47.0 Å². The predicted molar refractivity (Wildman–Crippen MR) is 223 cm³/mol. The molecule has 322 valence electrons. The van der Waals surface area contributed by atoms with Gasteiger partial charge in [-0.15, -0.1) is 0 Å². The van der Waals surface area contributed by atoms with Crippen molar-refractivity contribution in [1.29, 1.82) is 0 Å². The predicted octanol–water partition coefficient (Wildman–Crippen LogP) is 5.58. The molecule has 8 heterocycles. The quantitative estimate of drug-likeness (QED) is 0.140. The molecular formula is C45H47F2N9O6. The van der Waals surface area contributed by atoms with Crippen LogP contribution in [0.4, 0.5) is 26.0 Å². The first-order chi connectivity index (χ1) is 30.1. The van der Waals surface area contributed by atoms with Gasteiger partial charge in [0.25, 0.3) is 12.3 Å². The normalized spacial score (nSPS) is 19.9. The Balaban J connectivity index is 0.886. The number of alkyl halides is 2. The first-order valence-electron chi connectivity index (χ1n) is 21.3.